The van der Waals surface area contributed by atoms with Crippen LogP contribution >= 0.6 is 0 Å². The number of ketones is 1. The van der Waals surface area contributed by atoms with Crippen molar-refractivity contribution in [3.05, 3.63) is 0 Å². The number of carbonyl (C=O) groups excluding carboxylic acids is 1. The average molecular weight is 155 g/mol. The first-order valence-electron chi connectivity index (χ1n) is 4.43. The molecule has 0 aromatic carbocycles. The van der Waals surface area contributed by atoms with Crippen LogP contribution < -0.4 is 5.32 Å². The molecule has 1 rings (SSSR count). The highest BCUT2D eigenvalue weighted by atomic mass is 16.1. The standard InChI is InChI=1S/C9H17NO/c1-7(2)5-10-6-9(11)8-3-4-8/h7-8,10H,3-6H2,1-2H3. The van der Waals surface area contributed by atoms with Crippen molar-refractivity contribution >= 4 is 5.78 Å². The normalized spacial score (nSPS) is 17.4. The topological polar surface area (TPSA) is 29.1 Å². The van der Waals surface area contributed by atoms with Gasteiger partial charge in [0.15, 0.2) is 0 Å². The van der Waals surface area contributed by atoms with Gasteiger partial charge in [0.05, 0.1) is 6.54 Å². The molecule has 0 spiro atoms. The van der Waals surface area contributed by atoms with Crippen LogP contribution in [0.5, 0.6) is 0 Å². The molecule has 0 bridgehead atoms. The molecule has 64 valence electrons. The van der Waals surface area contributed by atoms with Crippen LogP contribution in [-0.2, 0) is 4.79 Å². The molecule has 2 nitrogen and oxygen atoms in total. The van der Waals surface area contributed by atoms with E-state index >= 15 is 0 Å². The molecule has 1 N–H and O–H groups in total. The summed E-state index contributed by atoms with van der Waals surface area (Å²) in [5.41, 5.74) is 0. The van der Waals surface area contributed by atoms with Crippen molar-refractivity contribution in [2.75, 3.05) is 13.1 Å². The molecule has 1 aliphatic carbocycles. The molecule has 1 aliphatic rings. The first kappa shape index (κ1) is 8.72. The summed E-state index contributed by atoms with van der Waals surface area (Å²) >= 11 is 0. The molecule has 0 amide bonds. The van der Waals surface area contributed by atoms with E-state index < -0.39 is 0 Å². The van der Waals surface area contributed by atoms with Gasteiger partial charge in [-0.1, -0.05) is 13.8 Å². The molecule has 2 heteroatoms. The summed E-state index contributed by atoms with van der Waals surface area (Å²) in [6, 6.07) is 0. The zero-order chi connectivity index (χ0) is 8.27. The maximum atomic E-state index is 11.1. The largest absolute Gasteiger partial charge is 0.310 e. The Kier molecular flexibility index (Phi) is 3.06. The van der Waals surface area contributed by atoms with E-state index in [4.69, 9.17) is 0 Å². The van der Waals surface area contributed by atoms with E-state index in [1.165, 1.54) is 0 Å². The average Bonchev–Trinajstić information content (AvgIpc) is 2.66. The van der Waals surface area contributed by atoms with E-state index in [0.717, 1.165) is 19.4 Å². The van der Waals surface area contributed by atoms with Crippen molar-refractivity contribution in [3.8, 4) is 0 Å². The molecular formula is C9H17NO. The summed E-state index contributed by atoms with van der Waals surface area (Å²) in [4.78, 5) is 11.1. The van der Waals surface area contributed by atoms with Crippen LogP contribution in [0.2, 0.25) is 0 Å². The molecule has 0 atom stereocenters. The Hall–Kier alpha value is -0.370. The fraction of sp³-hybridized carbons (Fsp3) is 0.889. The molecule has 0 unspecified atom stereocenters. The van der Waals surface area contributed by atoms with E-state index in [1.54, 1.807) is 0 Å². The minimum Gasteiger partial charge on any atom is -0.310 e. The second kappa shape index (κ2) is 3.86. The van der Waals surface area contributed by atoms with Crippen LogP contribution in [-0.4, -0.2) is 18.9 Å². The van der Waals surface area contributed by atoms with E-state index in [2.05, 4.69) is 19.2 Å². The fourth-order valence-corrected chi connectivity index (χ4v) is 1.03. The Bertz CT molecular complexity index is 138. The number of Topliss-reactive ketones (excluding diaryl/α,β-unsaturated/α-hetero) is 1. The molecule has 1 saturated carbocycles. The van der Waals surface area contributed by atoms with Crippen LogP contribution in [0.25, 0.3) is 0 Å². The van der Waals surface area contributed by atoms with Gasteiger partial charge in [0, 0.05) is 5.92 Å². The molecule has 0 heterocycles. The Morgan fingerprint density at radius 3 is 2.64 bits per heavy atom. The SMILES string of the molecule is CC(C)CNCC(=O)C1CC1. The predicted octanol–water partition coefficient (Wildman–Crippen LogP) is 1.21. The van der Waals surface area contributed by atoms with Crippen molar-refractivity contribution in [2.45, 2.75) is 26.7 Å². The third-order valence-corrected chi connectivity index (χ3v) is 1.88. The van der Waals surface area contributed by atoms with Crippen LogP contribution in [0, 0.1) is 11.8 Å². The van der Waals surface area contributed by atoms with Crippen LogP contribution in [0.15, 0.2) is 0 Å². The maximum absolute atomic E-state index is 11.1. The van der Waals surface area contributed by atoms with Crippen molar-refractivity contribution in [1.29, 1.82) is 0 Å². The highest BCUT2D eigenvalue weighted by Crippen LogP contribution is 2.29. The van der Waals surface area contributed by atoms with Gasteiger partial charge in [0.2, 0.25) is 0 Å². The summed E-state index contributed by atoms with van der Waals surface area (Å²) in [5, 5.41) is 3.16. The van der Waals surface area contributed by atoms with Gasteiger partial charge in [-0.15, -0.1) is 0 Å². The lowest BCUT2D eigenvalue weighted by molar-refractivity contribution is -0.119. The van der Waals surface area contributed by atoms with Gasteiger partial charge in [-0.2, -0.15) is 0 Å². The summed E-state index contributed by atoms with van der Waals surface area (Å²) in [7, 11) is 0. The van der Waals surface area contributed by atoms with Gasteiger partial charge in [-0.3, -0.25) is 4.79 Å². The monoisotopic (exact) mass is 155 g/mol. The highest BCUT2D eigenvalue weighted by Gasteiger charge is 2.28. The van der Waals surface area contributed by atoms with Gasteiger partial charge in [0.1, 0.15) is 5.78 Å². The van der Waals surface area contributed by atoms with Gasteiger partial charge < -0.3 is 5.32 Å². The summed E-state index contributed by atoms with van der Waals surface area (Å²) in [6.45, 7) is 5.84. The van der Waals surface area contributed by atoms with Crippen molar-refractivity contribution in [1.82, 2.24) is 5.32 Å². The van der Waals surface area contributed by atoms with Crippen molar-refractivity contribution in [3.63, 3.8) is 0 Å². The Labute approximate surface area is 68.4 Å². The van der Waals surface area contributed by atoms with Crippen molar-refractivity contribution < 1.29 is 4.79 Å². The second-order valence-electron chi connectivity index (χ2n) is 3.77. The Morgan fingerprint density at radius 2 is 2.18 bits per heavy atom. The van der Waals surface area contributed by atoms with Gasteiger partial charge in [0.25, 0.3) is 0 Å². The van der Waals surface area contributed by atoms with E-state index in [-0.39, 0.29) is 0 Å². The van der Waals surface area contributed by atoms with Crippen LogP contribution in [0.4, 0.5) is 0 Å². The number of hydrogen-bond acceptors (Lipinski definition) is 2. The molecule has 0 saturated heterocycles. The molecule has 1 fully saturated rings. The van der Waals surface area contributed by atoms with Crippen LogP contribution in [0.1, 0.15) is 26.7 Å². The Balaban J connectivity index is 1.97. The molecule has 0 aromatic heterocycles. The van der Waals surface area contributed by atoms with Gasteiger partial charge in [-0.05, 0) is 25.3 Å². The van der Waals surface area contributed by atoms with E-state index in [0.29, 0.717) is 24.2 Å². The van der Waals surface area contributed by atoms with Crippen LogP contribution in [0.3, 0.4) is 0 Å². The highest BCUT2D eigenvalue weighted by molar-refractivity contribution is 5.84. The molecule has 0 aliphatic heterocycles. The van der Waals surface area contributed by atoms with Gasteiger partial charge >= 0.3 is 0 Å². The summed E-state index contributed by atoms with van der Waals surface area (Å²) in [6.07, 6.45) is 2.25. The zero-order valence-corrected chi connectivity index (χ0v) is 7.39. The Morgan fingerprint density at radius 1 is 1.55 bits per heavy atom. The summed E-state index contributed by atoms with van der Waals surface area (Å²) < 4.78 is 0. The van der Waals surface area contributed by atoms with E-state index in [1.807, 2.05) is 0 Å². The first-order chi connectivity index (χ1) is 5.20. The second-order valence-corrected chi connectivity index (χ2v) is 3.77. The minimum atomic E-state index is 0.408. The zero-order valence-electron chi connectivity index (χ0n) is 7.39. The smallest absolute Gasteiger partial charge is 0.149 e. The number of carbonyl (C=O) groups is 1. The number of nitrogens with one attached hydrogen (secondary N) is 1. The predicted molar refractivity (Wildman–Crippen MR) is 45.4 cm³/mol. The molecule has 11 heavy (non-hydrogen) atoms. The minimum absolute atomic E-state index is 0.408. The summed E-state index contributed by atoms with van der Waals surface area (Å²) in [5.74, 6) is 1.46. The lowest BCUT2D eigenvalue weighted by Crippen LogP contribution is -2.27. The van der Waals surface area contributed by atoms with E-state index in [9.17, 15) is 4.79 Å². The maximum Gasteiger partial charge on any atom is 0.149 e. The lowest BCUT2D eigenvalue weighted by Gasteiger charge is -2.05. The third kappa shape index (κ3) is 3.51. The molecule has 0 aromatic rings. The van der Waals surface area contributed by atoms with Crippen molar-refractivity contribution in [2.24, 2.45) is 11.8 Å². The number of hydrogen-bond donors (Lipinski definition) is 1. The quantitative estimate of drug-likeness (QED) is 0.646. The molecular weight excluding hydrogens is 138 g/mol. The number of rotatable bonds is 5. The lowest BCUT2D eigenvalue weighted by atomic mass is 10.2. The van der Waals surface area contributed by atoms with Gasteiger partial charge in [-0.25, -0.2) is 0 Å². The fourth-order valence-electron chi connectivity index (χ4n) is 1.03. The molecule has 0 radical (unpaired) electrons. The third-order valence-electron chi connectivity index (χ3n) is 1.88. The first-order valence-corrected chi connectivity index (χ1v) is 4.43.